The molecule has 1 amide bonds. The number of aromatic nitrogens is 1. The van der Waals surface area contributed by atoms with E-state index in [4.69, 9.17) is 9.31 Å². The SMILES string of the molecule is CCCc1ccnc(NC(=O)c2ccc(B3OC(C)(C)C(C)(C)O3)c(C)c2)c1. The maximum atomic E-state index is 12.7. The van der Waals surface area contributed by atoms with Crippen molar-refractivity contribution in [3.63, 3.8) is 0 Å². The van der Waals surface area contributed by atoms with Crippen molar-refractivity contribution in [2.24, 2.45) is 0 Å². The number of amides is 1. The highest BCUT2D eigenvalue weighted by molar-refractivity contribution is 6.62. The maximum absolute atomic E-state index is 12.7. The van der Waals surface area contributed by atoms with Crippen molar-refractivity contribution in [1.29, 1.82) is 0 Å². The van der Waals surface area contributed by atoms with E-state index in [1.807, 2.05) is 58.9 Å². The van der Waals surface area contributed by atoms with Gasteiger partial charge in [0.25, 0.3) is 5.91 Å². The van der Waals surface area contributed by atoms with Crippen LogP contribution in [0.2, 0.25) is 0 Å². The van der Waals surface area contributed by atoms with E-state index in [2.05, 4.69) is 17.2 Å². The zero-order valence-corrected chi connectivity index (χ0v) is 17.6. The number of nitrogens with one attached hydrogen (secondary N) is 1. The summed E-state index contributed by atoms with van der Waals surface area (Å²) in [5.74, 6) is 0.397. The number of anilines is 1. The summed E-state index contributed by atoms with van der Waals surface area (Å²) < 4.78 is 12.3. The minimum atomic E-state index is -0.436. The summed E-state index contributed by atoms with van der Waals surface area (Å²) in [5, 5.41) is 2.89. The van der Waals surface area contributed by atoms with E-state index >= 15 is 0 Å². The van der Waals surface area contributed by atoms with E-state index in [-0.39, 0.29) is 5.91 Å². The lowest BCUT2D eigenvalue weighted by molar-refractivity contribution is 0.00578. The molecule has 148 valence electrons. The van der Waals surface area contributed by atoms with Gasteiger partial charge in [0.05, 0.1) is 11.2 Å². The highest BCUT2D eigenvalue weighted by atomic mass is 16.7. The molecule has 5 nitrogen and oxygen atoms in total. The van der Waals surface area contributed by atoms with Gasteiger partial charge < -0.3 is 14.6 Å². The zero-order valence-electron chi connectivity index (χ0n) is 17.6. The van der Waals surface area contributed by atoms with Crippen LogP contribution in [0, 0.1) is 6.92 Å². The molecule has 2 aromatic rings. The average molecular weight is 380 g/mol. The quantitative estimate of drug-likeness (QED) is 0.800. The molecule has 1 aliphatic heterocycles. The van der Waals surface area contributed by atoms with Crippen LogP contribution >= 0.6 is 0 Å². The van der Waals surface area contributed by atoms with Crippen molar-refractivity contribution in [3.8, 4) is 0 Å². The molecule has 0 saturated carbocycles. The fourth-order valence-corrected chi connectivity index (χ4v) is 3.23. The Morgan fingerprint density at radius 3 is 2.39 bits per heavy atom. The highest BCUT2D eigenvalue weighted by Gasteiger charge is 2.52. The molecular weight excluding hydrogens is 351 g/mol. The van der Waals surface area contributed by atoms with Gasteiger partial charge in [0.15, 0.2) is 0 Å². The van der Waals surface area contributed by atoms with Gasteiger partial charge in [-0.25, -0.2) is 4.98 Å². The summed E-state index contributed by atoms with van der Waals surface area (Å²) in [5.41, 5.74) is 2.86. The number of pyridine rings is 1. The second-order valence-corrected chi connectivity index (χ2v) is 8.41. The first-order chi connectivity index (χ1) is 13.1. The second kappa shape index (κ2) is 7.68. The summed E-state index contributed by atoms with van der Waals surface area (Å²) in [6, 6.07) is 9.48. The minimum Gasteiger partial charge on any atom is -0.399 e. The van der Waals surface area contributed by atoms with Crippen molar-refractivity contribution >= 4 is 24.3 Å². The lowest BCUT2D eigenvalue weighted by Crippen LogP contribution is -2.41. The molecule has 0 spiro atoms. The Balaban J connectivity index is 1.75. The fourth-order valence-electron chi connectivity index (χ4n) is 3.23. The topological polar surface area (TPSA) is 60.5 Å². The van der Waals surface area contributed by atoms with Crippen LogP contribution < -0.4 is 10.8 Å². The van der Waals surface area contributed by atoms with Gasteiger partial charge in [-0.1, -0.05) is 25.0 Å². The number of rotatable bonds is 5. The Morgan fingerprint density at radius 2 is 1.79 bits per heavy atom. The third-order valence-corrected chi connectivity index (χ3v) is 5.64. The largest absolute Gasteiger partial charge is 0.495 e. The second-order valence-electron chi connectivity index (χ2n) is 8.41. The number of carbonyl (C=O) groups is 1. The monoisotopic (exact) mass is 380 g/mol. The first-order valence-corrected chi connectivity index (χ1v) is 9.85. The average Bonchev–Trinajstić information content (AvgIpc) is 2.82. The molecule has 1 N–H and O–H groups in total. The van der Waals surface area contributed by atoms with Crippen LogP contribution in [0.1, 0.15) is 62.5 Å². The third-order valence-electron chi connectivity index (χ3n) is 5.64. The van der Waals surface area contributed by atoms with Crippen molar-refractivity contribution < 1.29 is 14.1 Å². The molecule has 1 aliphatic rings. The van der Waals surface area contributed by atoms with Gasteiger partial charge in [-0.2, -0.15) is 0 Å². The van der Waals surface area contributed by atoms with Crippen LogP contribution in [-0.4, -0.2) is 29.2 Å². The van der Waals surface area contributed by atoms with E-state index in [1.54, 1.807) is 12.3 Å². The van der Waals surface area contributed by atoms with Crippen LogP contribution in [0.25, 0.3) is 0 Å². The van der Waals surface area contributed by atoms with Crippen LogP contribution in [0.4, 0.5) is 5.82 Å². The minimum absolute atomic E-state index is 0.176. The standard InChI is InChI=1S/C22H29BN2O3/c1-7-8-16-11-12-24-19(14-16)25-20(26)17-9-10-18(15(2)13-17)23-27-21(3,4)22(5,6)28-23/h9-14H,7-8H2,1-6H3,(H,24,25,26). The zero-order chi connectivity index (χ0) is 20.5. The van der Waals surface area contributed by atoms with Crippen molar-refractivity contribution in [2.45, 2.75) is 65.6 Å². The molecule has 2 heterocycles. The van der Waals surface area contributed by atoms with Crippen LogP contribution in [0.15, 0.2) is 36.5 Å². The number of aryl methyl sites for hydroxylation is 2. The molecule has 0 radical (unpaired) electrons. The number of benzene rings is 1. The first kappa shape index (κ1) is 20.6. The van der Waals surface area contributed by atoms with Gasteiger partial charge in [-0.3, -0.25) is 4.79 Å². The number of hydrogen-bond acceptors (Lipinski definition) is 4. The van der Waals surface area contributed by atoms with Crippen molar-refractivity contribution in [2.75, 3.05) is 5.32 Å². The molecule has 1 saturated heterocycles. The Morgan fingerprint density at radius 1 is 1.11 bits per heavy atom. The molecule has 0 bridgehead atoms. The predicted molar refractivity (Wildman–Crippen MR) is 113 cm³/mol. The van der Waals surface area contributed by atoms with E-state index in [1.165, 1.54) is 5.56 Å². The van der Waals surface area contributed by atoms with Gasteiger partial charge in [-0.05, 0) is 76.3 Å². The van der Waals surface area contributed by atoms with Crippen LogP contribution in [0.5, 0.6) is 0 Å². The lowest BCUT2D eigenvalue weighted by Gasteiger charge is -2.32. The van der Waals surface area contributed by atoms with E-state index in [9.17, 15) is 4.79 Å². The molecule has 6 heteroatoms. The molecule has 0 aliphatic carbocycles. The van der Waals surface area contributed by atoms with Gasteiger partial charge in [0.2, 0.25) is 0 Å². The molecular formula is C22H29BN2O3. The molecule has 3 rings (SSSR count). The molecule has 28 heavy (non-hydrogen) atoms. The van der Waals surface area contributed by atoms with E-state index in [0.29, 0.717) is 11.4 Å². The number of carbonyl (C=O) groups excluding carboxylic acids is 1. The van der Waals surface area contributed by atoms with Crippen molar-refractivity contribution in [1.82, 2.24) is 4.98 Å². The Bertz CT molecular complexity index is 864. The molecule has 0 atom stereocenters. The predicted octanol–water partition coefficient (Wildman–Crippen LogP) is 3.89. The van der Waals surface area contributed by atoms with Crippen LogP contribution in [0.3, 0.4) is 0 Å². The Hall–Kier alpha value is -2.18. The molecule has 1 aromatic heterocycles. The highest BCUT2D eigenvalue weighted by Crippen LogP contribution is 2.36. The van der Waals surface area contributed by atoms with Gasteiger partial charge in [0, 0.05) is 11.8 Å². The normalized spacial score (nSPS) is 17.6. The summed E-state index contributed by atoms with van der Waals surface area (Å²) in [6.45, 7) is 12.2. The lowest BCUT2D eigenvalue weighted by atomic mass is 9.76. The number of nitrogens with zero attached hydrogens (tertiary/aromatic N) is 1. The van der Waals surface area contributed by atoms with Gasteiger partial charge in [0.1, 0.15) is 5.82 Å². The number of hydrogen-bond donors (Lipinski definition) is 1. The summed E-state index contributed by atoms with van der Waals surface area (Å²) in [7, 11) is -0.436. The van der Waals surface area contributed by atoms with E-state index in [0.717, 1.165) is 23.9 Å². The molecule has 1 fully saturated rings. The molecule has 1 aromatic carbocycles. The summed E-state index contributed by atoms with van der Waals surface area (Å²) >= 11 is 0. The van der Waals surface area contributed by atoms with Crippen molar-refractivity contribution in [3.05, 3.63) is 53.2 Å². The Kier molecular flexibility index (Phi) is 5.64. The van der Waals surface area contributed by atoms with Gasteiger partial charge in [-0.15, -0.1) is 0 Å². The van der Waals surface area contributed by atoms with Crippen LogP contribution in [-0.2, 0) is 15.7 Å². The summed E-state index contributed by atoms with van der Waals surface area (Å²) in [6.07, 6.45) is 3.75. The maximum Gasteiger partial charge on any atom is 0.495 e. The first-order valence-electron chi connectivity index (χ1n) is 9.85. The summed E-state index contributed by atoms with van der Waals surface area (Å²) in [4.78, 5) is 16.9. The third kappa shape index (κ3) is 4.13. The molecule has 0 unspecified atom stereocenters. The fraction of sp³-hybridized carbons (Fsp3) is 0.455. The Labute approximate surface area is 168 Å². The van der Waals surface area contributed by atoms with E-state index < -0.39 is 18.3 Å². The van der Waals surface area contributed by atoms with Gasteiger partial charge >= 0.3 is 7.12 Å². The smallest absolute Gasteiger partial charge is 0.399 e.